The van der Waals surface area contributed by atoms with Crippen molar-refractivity contribution in [2.24, 2.45) is 5.41 Å². The first-order valence-corrected chi connectivity index (χ1v) is 16.6. The second-order valence-corrected chi connectivity index (χ2v) is 17.3. The van der Waals surface area contributed by atoms with Crippen molar-refractivity contribution in [2.45, 2.75) is 71.6 Å². The molecule has 204 valence electrons. The maximum Gasteiger partial charge on any atom is 0.136 e. The Hall–Kier alpha value is -2.16. The first-order chi connectivity index (χ1) is 18.3. The topological polar surface area (TPSA) is 35.1 Å². The fraction of sp³-hybridized carbons (Fsp3) is 0.371. The van der Waals surface area contributed by atoms with Gasteiger partial charge in [-0.3, -0.25) is 0 Å². The summed E-state index contributed by atoms with van der Waals surface area (Å²) >= 11 is -1.23. The van der Waals surface area contributed by atoms with Crippen LogP contribution in [0.15, 0.2) is 95.8 Å². The van der Waals surface area contributed by atoms with Crippen LogP contribution in [0.2, 0.25) is 0 Å². The highest BCUT2D eigenvalue weighted by atomic mass is 32.2. The van der Waals surface area contributed by atoms with Crippen LogP contribution in [0.3, 0.4) is 0 Å². The van der Waals surface area contributed by atoms with Gasteiger partial charge in [-0.2, -0.15) is 0 Å². The van der Waals surface area contributed by atoms with Crippen LogP contribution in [0.25, 0.3) is 10.9 Å². The molecule has 39 heavy (non-hydrogen) atoms. The number of hydrogen-bond acceptors (Lipinski definition) is 2. The van der Waals surface area contributed by atoms with E-state index in [0.717, 1.165) is 6.16 Å². The molecule has 0 spiro atoms. The third-order valence-electron chi connectivity index (χ3n) is 8.30. The van der Waals surface area contributed by atoms with E-state index in [2.05, 4.69) is 145 Å². The van der Waals surface area contributed by atoms with E-state index >= 15 is 0 Å². The van der Waals surface area contributed by atoms with Crippen molar-refractivity contribution in [3.63, 3.8) is 0 Å². The van der Waals surface area contributed by atoms with Crippen molar-refractivity contribution in [1.82, 2.24) is 4.72 Å². The molecule has 0 saturated heterocycles. The summed E-state index contributed by atoms with van der Waals surface area (Å²) in [5.74, 6) is 0. The molecule has 0 aliphatic carbocycles. The van der Waals surface area contributed by atoms with Crippen LogP contribution in [0.1, 0.15) is 83.7 Å². The third kappa shape index (κ3) is 5.20. The van der Waals surface area contributed by atoms with E-state index in [-0.39, 0.29) is 21.6 Å². The van der Waals surface area contributed by atoms with E-state index < -0.39 is 19.3 Å². The van der Waals surface area contributed by atoms with E-state index in [0.29, 0.717) is 0 Å². The van der Waals surface area contributed by atoms with Crippen LogP contribution >= 0.6 is 7.92 Å². The van der Waals surface area contributed by atoms with Gasteiger partial charge in [-0.15, -0.1) is 4.72 Å². The van der Waals surface area contributed by atoms with Crippen molar-refractivity contribution in [3.05, 3.63) is 118 Å². The molecule has 0 aromatic heterocycles. The highest BCUT2D eigenvalue weighted by Gasteiger charge is 2.54. The largest absolute Gasteiger partial charge is 0.598 e. The van der Waals surface area contributed by atoms with Crippen molar-refractivity contribution in [1.29, 1.82) is 0 Å². The molecule has 2 heterocycles. The molecule has 0 amide bonds. The van der Waals surface area contributed by atoms with E-state index in [1.165, 1.54) is 44.0 Å². The van der Waals surface area contributed by atoms with Crippen LogP contribution in [-0.2, 0) is 16.8 Å². The second kappa shape index (κ2) is 10.3. The Labute approximate surface area is 240 Å². The Morgan fingerprint density at radius 1 is 0.821 bits per heavy atom. The normalized spacial score (nSPS) is 22.9. The second-order valence-electron chi connectivity index (χ2n) is 13.2. The van der Waals surface area contributed by atoms with Crippen LogP contribution in [0.5, 0.6) is 0 Å². The van der Waals surface area contributed by atoms with Gasteiger partial charge in [0.1, 0.15) is 10.8 Å². The van der Waals surface area contributed by atoms with Gasteiger partial charge in [-0.25, -0.2) is 0 Å². The SMILES string of the molecule is CC1=C(c2ccccc2)[P@@]2C[C@]1(C)C(c1ccccc1)=C2[C@@H](N[S@+]([O-])C(C)(C)C)c1ccc(C(C)(C)C)cc1. The summed E-state index contributed by atoms with van der Waals surface area (Å²) in [7, 11) is -0.620. The standard InChI is InChI=1S/C35H42NOPS/c1-24-31(27-17-13-10-14-18-27)38-23-35(24,8)29(25-15-11-9-12-16-25)32(38)30(36-39(37)34(5,6)7)26-19-21-28(22-20-26)33(2,3)4/h9-22,30,36H,23H2,1-8H3/t30-,35-,38+,39+/m0/s1. The molecule has 4 heteroatoms. The summed E-state index contributed by atoms with van der Waals surface area (Å²) < 4.78 is 17.0. The summed E-state index contributed by atoms with van der Waals surface area (Å²) in [6.45, 7) is 17.7. The van der Waals surface area contributed by atoms with Gasteiger partial charge in [0.05, 0.1) is 0 Å². The Bertz CT molecular complexity index is 1400. The zero-order valence-electron chi connectivity index (χ0n) is 24.6. The predicted octanol–water partition coefficient (Wildman–Crippen LogP) is 9.43. The number of rotatable bonds is 6. The third-order valence-corrected chi connectivity index (χ3v) is 13.0. The smallest absolute Gasteiger partial charge is 0.136 e. The Balaban J connectivity index is 1.73. The molecular formula is C35H42NOPS. The Morgan fingerprint density at radius 3 is 1.87 bits per heavy atom. The summed E-state index contributed by atoms with van der Waals surface area (Å²) in [6.07, 6.45) is 1.11. The van der Waals surface area contributed by atoms with Crippen LogP contribution < -0.4 is 4.72 Å². The quantitative estimate of drug-likeness (QED) is 0.243. The van der Waals surface area contributed by atoms with Gasteiger partial charge in [0.25, 0.3) is 0 Å². The summed E-state index contributed by atoms with van der Waals surface area (Å²) in [5, 5.41) is 2.94. The van der Waals surface area contributed by atoms with E-state index in [1.54, 1.807) is 0 Å². The summed E-state index contributed by atoms with van der Waals surface area (Å²) in [4.78, 5) is 0. The highest BCUT2D eigenvalue weighted by Crippen LogP contribution is 2.79. The molecular weight excluding hydrogens is 513 g/mol. The van der Waals surface area contributed by atoms with Gasteiger partial charge in [-0.05, 0) is 85.6 Å². The van der Waals surface area contributed by atoms with Gasteiger partial charge < -0.3 is 4.55 Å². The van der Waals surface area contributed by atoms with Crippen molar-refractivity contribution >= 4 is 30.2 Å². The minimum absolute atomic E-state index is 0.0535. The van der Waals surface area contributed by atoms with Gasteiger partial charge in [0.15, 0.2) is 0 Å². The Kier molecular flexibility index (Phi) is 7.53. The van der Waals surface area contributed by atoms with Crippen LogP contribution in [0.4, 0.5) is 0 Å². The van der Waals surface area contributed by atoms with E-state index in [4.69, 9.17) is 0 Å². The molecule has 0 fully saturated rings. The van der Waals surface area contributed by atoms with Crippen LogP contribution in [-0.4, -0.2) is 15.5 Å². The first kappa shape index (κ1) is 28.4. The zero-order chi connectivity index (χ0) is 28.2. The molecule has 3 aromatic carbocycles. The maximum atomic E-state index is 13.7. The molecule has 0 radical (unpaired) electrons. The molecule has 2 bridgehead atoms. The fourth-order valence-corrected chi connectivity index (χ4v) is 10.7. The lowest BCUT2D eigenvalue weighted by atomic mass is 9.73. The lowest BCUT2D eigenvalue weighted by Crippen LogP contribution is -2.41. The summed E-state index contributed by atoms with van der Waals surface area (Å²) in [6, 6.07) is 30.7. The number of allylic oxidation sites excluding steroid dienone is 2. The maximum absolute atomic E-state index is 13.7. The molecule has 2 nitrogen and oxygen atoms in total. The molecule has 5 rings (SSSR count). The molecule has 3 aromatic rings. The number of benzene rings is 3. The minimum atomic E-state index is -1.23. The molecule has 0 unspecified atom stereocenters. The monoisotopic (exact) mass is 555 g/mol. The number of hydrogen-bond donors (Lipinski definition) is 1. The lowest BCUT2D eigenvalue weighted by molar-refractivity contribution is 0.536. The minimum Gasteiger partial charge on any atom is -0.598 e. The van der Waals surface area contributed by atoms with Gasteiger partial charge in [-0.1, -0.05) is 118 Å². The van der Waals surface area contributed by atoms with E-state index in [1.807, 2.05) is 0 Å². The van der Waals surface area contributed by atoms with E-state index in [9.17, 15) is 4.55 Å². The predicted molar refractivity (Wildman–Crippen MR) is 171 cm³/mol. The van der Waals surface area contributed by atoms with Gasteiger partial charge in [0.2, 0.25) is 0 Å². The summed E-state index contributed by atoms with van der Waals surface area (Å²) in [5.41, 5.74) is 8.05. The zero-order valence-corrected chi connectivity index (χ0v) is 26.3. The molecule has 2 aliphatic rings. The molecule has 1 N–H and O–H groups in total. The lowest BCUT2D eigenvalue weighted by Gasteiger charge is -2.36. The molecule has 0 saturated carbocycles. The number of nitrogens with one attached hydrogen (secondary N) is 1. The average Bonchev–Trinajstić information content (AvgIpc) is 3.34. The molecule has 2 aliphatic heterocycles. The Morgan fingerprint density at radius 2 is 1.36 bits per heavy atom. The van der Waals surface area contributed by atoms with Crippen molar-refractivity contribution in [3.8, 4) is 0 Å². The van der Waals surface area contributed by atoms with Gasteiger partial charge >= 0.3 is 0 Å². The number of fused-ring (bicyclic) bond motifs is 2. The van der Waals surface area contributed by atoms with Crippen LogP contribution in [0, 0.1) is 5.41 Å². The molecule has 4 atom stereocenters. The first-order valence-electron chi connectivity index (χ1n) is 14.0. The van der Waals surface area contributed by atoms with Gasteiger partial charge in [0, 0.05) is 16.8 Å². The van der Waals surface area contributed by atoms with Crippen molar-refractivity contribution in [2.75, 3.05) is 6.16 Å². The highest BCUT2D eigenvalue weighted by molar-refractivity contribution is 7.90. The van der Waals surface area contributed by atoms with Crippen molar-refractivity contribution < 1.29 is 4.55 Å². The fourth-order valence-electron chi connectivity index (χ4n) is 5.95. The average molecular weight is 556 g/mol.